The summed E-state index contributed by atoms with van der Waals surface area (Å²) in [5.41, 5.74) is 2.07. The predicted octanol–water partition coefficient (Wildman–Crippen LogP) is 2.87. The molecule has 1 aliphatic rings. The number of aliphatic hydroxyl groups excluding tert-OH is 1. The third-order valence-electron chi connectivity index (χ3n) is 4.41. The summed E-state index contributed by atoms with van der Waals surface area (Å²) in [4.78, 5) is 0. The van der Waals surface area contributed by atoms with E-state index in [1.54, 1.807) is 12.1 Å². The minimum Gasteiger partial charge on any atom is -0.400 e. The molecule has 1 aliphatic heterocycles. The molecule has 0 radical (unpaired) electrons. The lowest BCUT2D eigenvalue weighted by Gasteiger charge is -2.32. The maximum absolute atomic E-state index is 9.71. The van der Waals surface area contributed by atoms with E-state index in [-0.39, 0.29) is 6.61 Å². The van der Waals surface area contributed by atoms with Crippen LogP contribution >= 0.6 is 0 Å². The molecule has 4 nitrogen and oxygen atoms in total. The van der Waals surface area contributed by atoms with E-state index in [9.17, 15) is 10.4 Å². The highest BCUT2D eigenvalue weighted by atomic mass is 16.7. The van der Waals surface area contributed by atoms with Crippen molar-refractivity contribution in [1.29, 1.82) is 5.26 Å². The van der Waals surface area contributed by atoms with E-state index in [0.717, 1.165) is 11.1 Å². The van der Waals surface area contributed by atoms with Crippen LogP contribution in [0.2, 0.25) is 0 Å². The van der Waals surface area contributed by atoms with Crippen molar-refractivity contribution in [2.24, 2.45) is 0 Å². The molecule has 1 N–H and O–H groups in total. The van der Waals surface area contributed by atoms with E-state index in [1.165, 1.54) is 0 Å². The smallest absolute Gasteiger partial charge is 0.400 e. The van der Waals surface area contributed by atoms with E-state index in [0.29, 0.717) is 11.0 Å². The van der Waals surface area contributed by atoms with Crippen LogP contribution in [0.1, 0.15) is 44.4 Å². The second kappa shape index (κ2) is 5.88. The van der Waals surface area contributed by atoms with Gasteiger partial charge in [0.25, 0.3) is 0 Å². The maximum Gasteiger partial charge on any atom is 0.492 e. The molecule has 0 amide bonds. The summed E-state index contributed by atoms with van der Waals surface area (Å²) in [5, 5.41) is 18.9. The van der Waals surface area contributed by atoms with Gasteiger partial charge in [0.15, 0.2) is 0 Å². The predicted molar refractivity (Wildman–Crippen MR) is 87.0 cm³/mol. The van der Waals surface area contributed by atoms with E-state index in [4.69, 9.17) is 9.31 Å². The summed E-state index contributed by atoms with van der Waals surface area (Å²) in [7, 11) is -0.609. The van der Waals surface area contributed by atoms with Crippen LogP contribution in [0.3, 0.4) is 0 Å². The van der Waals surface area contributed by atoms with Gasteiger partial charge in [-0.25, -0.2) is 0 Å². The first-order chi connectivity index (χ1) is 10.2. The van der Waals surface area contributed by atoms with Gasteiger partial charge in [0.05, 0.1) is 29.4 Å². The Labute approximate surface area is 132 Å². The number of rotatable bonds is 3. The Morgan fingerprint density at radius 2 is 1.86 bits per heavy atom. The van der Waals surface area contributed by atoms with Crippen LogP contribution in [-0.2, 0) is 9.31 Å². The van der Waals surface area contributed by atoms with E-state index < -0.39 is 18.3 Å². The molecule has 116 valence electrons. The average molecular weight is 299 g/mol. The zero-order chi connectivity index (χ0) is 16.5. The van der Waals surface area contributed by atoms with Crippen LogP contribution in [-0.4, -0.2) is 30.0 Å². The molecule has 5 heteroatoms. The van der Waals surface area contributed by atoms with Gasteiger partial charge in [-0.3, -0.25) is 0 Å². The molecule has 0 bridgehead atoms. The first-order valence-corrected chi connectivity index (χ1v) is 7.38. The Balaban J connectivity index is 2.38. The lowest BCUT2D eigenvalue weighted by Crippen LogP contribution is -2.41. The summed E-state index contributed by atoms with van der Waals surface area (Å²) in [6, 6.07) is 7.75. The van der Waals surface area contributed by atoms with Crippen molar-refractivity contribution in [3.05, 3.63) is 40.4 Å². The van der Waals surface area contributed by atoms with Gasteiger partial charge in [-0.15, -0.1) is 0 Å². The number of aryl methyl sites for hydroxylation is 1. The molecule has 0 unspecified atom stereocenters. The third kappa shape index (κ3) is 3.10. The first-order valence-electron chi connectivity index (χ1n) is 7.38. The van der Waals surface area contributed by atoms with Gasteiger partial charge in [0.1, 0.15) is 0 Å². The number of benzene rings is 1. The van der Waals surface area contributed by atoms with E-state index >= 15 is 0 Å². The molecular weight excluding hydrogens is 277 g/mol. The summed E-state index contributed by atoms with van der Waals surface area (Å²) >= 11 is 0. The average Bonchev–Trinajstić information content (AvgIpc) is 2.64. The molecule has 1 heterocycles. The van der Waals surface area contributed by atoms with E-state index in [2.05, 4.69) is 6.07 Å². The number of hydrogen-bond donors (Lipinski definition) is 1. The van der Waals surface area contributed by atoms with Crippen LogP contribution in [0.4, 0.5) is 0 Å². The second-order valence-corrected chi connectivity index (χ2v) is 6.67. The SMILES string of the molecule is Cc1ccc(C#N)c(C=C(CO)B2OC(C)(C)C(C)(C)O2)c1. The van der Waals surface area contributed by atoms with Crippen LogP contribution in [0, 0.1) is 18.3 Å². The van der Waals surface area contributed by atoms with Crippen molar-refractivity contribution < 1.29 is 14.4 Å². The quantitative estimate of drug-likeness (QED) is 0.872. The monoisotopic (exact) mass is 299 g/mol. The largest absolute Gasteiger partial charge is 0.492 e. The first kappa shape index (κ1) is 16.8. The second-order valence-electron chi connectivity index (χ2n) is 6.67. The molecular formula is C17H22BNO3. The van der Waals surface area contributed by atoms with Gasteiger partial charge >= 0.3 is 7.12 Å². The number of aliphatic hydroxyl groups is 1. The normalized spacial score (nSPS) is 20.0. The molecule has 0 atom stereocenters. The summed E-state index contributed by atoms with van der Waals surface area (Å²) < 4.78 is 11.9. The molecule has 1 aromatic rings. The van der Waals surface area contributed by atoms with Crippen molar-refractivity contribution in [2.75, 3.05) is 6.61 Å². The summed E-state index contributed by atoms with van der Waals surface area (Å²) in [5.74, 6) is 0. The van der Waals surface area contributed by atoms with Gasteiger partial charge in [-0.1, -0.05) is 23.8 Å². The fourth-order valence-corrected chi connectivity index (χ4v) is 2.29. The Morgan fingerprint density at radius 1 is 1.27 bits per heavy atom. The van der Waals surface area contributed by atoms with Gasteiger partial charge < -0.3 is 14.4 Å². The number of hydrogen-bond acceptors (Lipinski definition) is 4. The number of nitriles is 1. The lowest BCUT2D eigenvalue weighted by atomic mass is 9.77. The number of nitrogens with zero attached hydrogens (tertiary/aromatic N) is 1. The van der Waals surface area contributed by atoms with E-state index in [1.807, 2.05) is 46.8 Å². The van der Waals surface area contributed by atoms with Crippen LogP contribution < -0.4 is 0 Å². The summed E-state index contributed by atoms with van der Waals surface area (Å²) in [6.45, 7) is 9.65. The Hall–Kier alpha value is -1.61. The van der Waals surface area contributed by atoms with Gasteiger partial charge in [0.2, 0.25) is 0 Å². The Morgan fingerprint density at radius 3 is 2.36 bits per heavy atom. The zero-order valence-corrected chi connectivity index (χ0v) is 13.8. The molecule has 1 fully saturated rings. The molecule has 0 spiro atoms. The fraction of sp³-hybridized carbons (Fsp3) is 0.471. The van der Waals surface area contributed by atoms with Crippen molar-refractivity contribution in [2.45, 2.75) is 45.8 Å². The van der Waals surface area contributed by atoms with Crippen molar-refractivity contribution in [1.82, 2.24) is 0 Å². The molecule has 2 rings (SSSR count). The van der Waals surface area contributed by atoms with Crippen LogP contribution in [0.25, 0.3) is 6.08 Å². The highest BCUT2D eigenvalue weighted by Gasteiger charge is 2.52. The lowest BCUT2D eigenvalue weighted by molar-refractivity contribution is 0.00578. The Bertz CT molecular complexity index is 628. The van der Waals surface area contributed by atoms with Crippen molar-refractivity contribution in [3.63, 3.8) is 0 Å². The topological polar surface area (TPSA) is 62.5 Å². The highest BCUT2D eigenvalue weighted by Crippen LogP contribution is 2.38. The van der Waals surface area contributed by atoms with Gasteiger partial charge in [-0.05, 0) is 51.7 Å². The minimum atomic E-state index is -0.609. The van der Waals surface area contributed by atoms with Gasteiger partial charge in [0, 0.05) is 0 Å². The third-order valence-corrected chi connectivity index (χ3v) is 4.41. The molecule has 1 saturated heterocycles. The molecule has 0 saturated carbocycles. The standard InChI is InChI=1S/C17H22BNO3/c1-12-6-7-13(10-19)14(8-12)9-15(11-20)18-21-16(2,3)17(4,5)22-18/h6-9,20H,11H2,1-5H3. The highest BCUT2D eigenvalue weighted by molar-refractivity contribution is 6.55. The maximum atomic E-state index is 9.71. The van der Waals surface area contributed by atoms with Crippen LogP contribution in [0.15, 0.2) is 23.7 Å². The Kier molecular flexibility index (Phi) is 4.48. The molecule has 0 aromatic heterocycles. The molecule has 0 aliphatic carbocycles. The molecule has 22 heavy (non-hydrogen) atoms. The molecule has 1 aromatic carbocycles. The van der Waals surface area contributed by atoms with Gasteiger partial charge in [-0.2, -0.15) is 5.26 Å². The summed E-state index contributed by atoms with van der Waals surface area (Å²) in [6.07, 6.45) is 1.79. The van der Waals surface area contributed by atoms with Crippen molar-refractivity contribution in [3.8, 4) is 6.07 Å². The van der Waals surface area contributed by atoms with Crippen molar-refractivity contribution >= 4 is 13.2 Å². The fourth-order valence-electron chi connectivity index (χ4n) is 2.29. The minimum absolute atomic E-state index is 0.185. The van der Waals surface area contributed by atoms with Crippen LogP contribution in [0.5, 0.6) is 0 Å². The zero-order valence-electron chi connectivity index (χ0n) is 13.8.